The molecular weight excluding hydrogens is 454 g/mol. The molecule has 0 saturated carbocycles. The van der Waals surface area contributed by atoms with Gasteiger partial charge in [0.05, 0.1) is 24.1 Å². The number of hydrogen-bond acceptors (Lipinski definition) is 6. The fraction of sp³-hybridized carbons (Fsp3) is 0.240. The van der Waals surface area contributed by atoms with Gasteiger partial charge in [0.1, 0.15) is 10.4 Å². The van der Waals surface area contributed by atoms with Crippen LogP contribution in [0.3, 0.4) is 0 Å². The molecule has 0 fully saturated rings. The van der Waals surface area contributed by atoms with Crippen molar-refractivity contribution in [1.29, 1.82) is 0 Å². The second-order valence-corrected chi connectivity index (χ2v) is 9.50. The zero-order valence-electron chi connectivity index (χ0n) is 19.0. The highest BCUT2D eigenvalue weighted by atomic mass is 32.2. The lowest BCUT2D eigenvalue weighted by Gasteiger charge is -2.12. The highest BCUT2D eigenvalue weighted by molar-refractivity contribution is 7.99. The number of hydrogen-bond donors (Lipinski definition) is 1. The van der Waals surface area contributed by atoms with Gasteiger partial charge in [-0.1, -0.05) is 47.7 Å². The smallest absolute Gasteiger partial charge is 0.272 e. The Morgan fingerprint density at radius 2 is 1.88 bits per heavy atom. The van der Waals surface area contributed by atoms with Crippen molar-refractivity contribution in [3.63, 3.8) is 0 Å². The van der Waals surface area contributed by atoms with Crippen LogP contribution in [-0.2, 0) is 11.3 Å². The molecule has 170 valence electrons. The fourth-order valence-corrected chi connectivity index (χ4v) is 5.36. The van der Waals surface area contributed by atoms with Gasteiger partial charge >= 0.3 is 0 Å². The van der Waals surface area contributed by atoms with E-state index >= 15 is 0 Å². The number of thiophene rings is 1. The van der Waals surface area contributed by atoms with Crippen molar-refractivity contribution >= 4 is 44.9 Å². The first-order chi connectivity index (χ1) is 15.9. The largest absolute Gasteiger partial charge is 0.495 e. The van der Waals surface area contributed by atoms with E-state index in [4.69, 9.17) is 9.72 Å². The third kappa shape index (κ3) is 4.82. The lowest BCUT2D eigenvalue weighted by molar-refractivity contribution is -0.113. The number of amides is 1. The highest BCUT2D eigenvalue weighted by Gasteiger charge is 2.17. The molecule has 0 radical (unpaired) electrons. The molecular formula is C25H25N3O3S2. The molecule has 0 atom stereocenters. The van der Waals surface area contributed by atoms with Crippen molar-refractivity contribution in [3.8, 4) is 16.9 Å². The van der Waals surface area contributed by atoms with Crippen LogP contribution in [0.1, 0.15) is 18.1 Å². The van der Waals surface area contributed by atoms with E-state index in [0.29, 0.717) is 33.4 Å². The maximum absolute atomic E-state index is 13.1. The molecule has 0 aliphatic rings. The molecule has 2 aromatic heterocycles. The number of rotatable bonds is 7. The molecule has 0 unspecified atom stereocenters. The van der Waals surface area contributed by atoms with E-state index in [1.807, 2.05) is 68.6 Å². The van der Waals surface area contributed by atoms with E-state index < -0.39 is 0 Å². The van der Waals surface area contributed by atoms with Crippen LogP contribution in [0, 0.1) is 13.8 Å². The standard InChI is InChI=1S/C25H25N3O3S2/c1-5-28-24(30)23-22(18(13-32-23)17-9-6-15(2)7-10-17)27-25(28)33-14-21(29)26-19-12-16(3)8-11-20(19)31-4/h6-13H,5,14H2,1-4H3,(H,26,29). The number of nitrogens with zero attached hydrogens (tertiary/aromatic N) is 2. The van der Waals surface area contributed by atoms with Crippen molar-refractivity contribution in [1.82, 2.24) is 9.55 Å². The maximum Gasteiger partial charge on any atom is 0.272 e. The summed E-state index contributed by atoms with van der Waals surface area (Å²) in [6, 6.07) is 13.8. The summed E-state index contributed by atoms with van der Waals surface area (Å²) in [6.07, 6.45) is 0. The van der Waals surface area contributed by atoms with Crippen molar-refractivity contribution < 1.29 is 9.53 Å². The predicted octanol–water partition coefficient (Wildman–Crippen LogP) is 5.50. The van der Waals surface area contributed by atoms with Crippen LogP contribution >= 0.6 is 23.1 Å². The summed E-state index contributed by atoms with van der Waals surface area (Å²) >= 11 is 2.67. The Balaban J connectivity index is 1.62. The van der Waals surface area contributed by atoms with E-state index in [2.05, 4.69) is 5.32 Å². The number of fused-ring (bicyclic) bond motifs is 1. The van der Waals surface area contributed by atoms with Crippen LogP contribution in [0.5, 0.6) is 5.75 Å². The van der Waals surface area contributed by atoms with Crippen molar-refractivity contribution in [2.75, 3.05) is 18.2 Å². The van der Waals surface area contributed by atoms with E-state index in [0.717, 1.165) is 16.7 Å². The normalized spacial score (nSPS) is 11.0. The van der Waals surface area contributed by atoms with Gasteiger partial charge in [0, 0.05) is 17.5 Å². The molecule has 2 aromatic carbocycles. The number of aromatic nitrogens is 2. The topological polar surface area (TPSA) is 73.2 Å². The minimum absolute atomic E-state index is 0.0749. The molecule has 4 rings (SSSR count). The SMILES string of the molecule is CCn1c(SCC(=O)Nc2cc(C)ccc2OC)nc2c(-c3ccc(C)cc3)csc2c1=O. The molecule has 0 spiro atoms. The van der Waals surface area contributed by atoms with Gasteiger partial charge in [0.2, 0.25) is 5.91 Å². The van der Waals surface area contributed by atoms with Crippen molar-refractivity contribution in [2.24, 2.45) is 0 Å². The minimum Gasteiger partial charge on any atom is -0.495 e. The first kappa shape index (κ1) is 23.1. The summed E-state index contributed by atoms with van der Waals surface area (Å²) in [5, 5.41) is 5.42. The van der Waals surface area contributed by atoms with Crippen LogP contribution in [-0.4, -0.2) is 28.3 Å². The number of methoxy groups -OCH3 is 1. The summed E-state index contributed by atoms with van der Waals surface area (Å²) in [4.78, 5) is 30.6. The van der Waals surface area contributed by atoms with E-state index in [-0.39, 0.29) is 17.2 Å². The number of anilines is 1. The summed E-state index contributed by atoms with van der Waals surface area (Å²) in [7, 11) is 1.57. The fourth-order valence-electron chi connectivity index (χ4n) is 3.54. The zero-order valence-corrected chi connectivity index (χ0v) is 20.6. The third-order valence-electron chi connectivity index (χ3n) is 5.28. The van der Waals surface area contributed by atoms with Gasteiger partial charge in [-0.3, -0.25) is 14.2 Å². The Hall–Kier alpha value is -3.10. The van der Waals surface area contributed by atoms with Gasteiger partial charge in [-0.2, -0.15) is 0 Å². The summed E-state index contributed by atoms with van der Waals surface area (Å²) < 4.78 is 7.60. The Bertz CT molecular complexity index is 1370. The van der Waals surface area contributed by atoms with Gasteiger partial charge in [-0.05, 0) is 44.0 Å². The average molecular weight is 480 g/mol. The van der Waals surface area contributed by atoms with Crippen LogP contribution in [0.15, 0.2) is 57.8 Å². The Morgan fingerprint density at radius 3 is 2.58 bits per heavy atom. The first-order valence-corrected chi connectivity index (χ1v) is 12.4. The van der Waals surface area contributed by atoms with Crippen LogP contribution < -0.4 is 15.6 Å². The van der Waals surface area contributed by atoms with Gasteiger partial charge in [0.25, 0.3) is 5.56 Å². The van der Waals surface area contributed by atoms with Crippen molar-refractivity contribution in [3.05, 3.63) is 69.3 Å². The summed E-state index contributed by atoms with van der Waals surface area (Å²) in [6.45, 7) is 6.38. The number of benzene rings is 2. The maximum atomic E-state index is 13.1. The highest BCUT2D eigenvalue weighted by Crippen LogP contribution is 2.33. The molecule has 0 bridgehead atoms. The van der Waals surface area contributed by atoms with Crippen LogP contribution in [0.2, 0.25) is 0 Å². The van der Waals surface area contributed by atoms with E-state index in [9.17, 15) is 9.59 Å². The summed E-state index contributed by atoms with van der Waals surface area (Å²) in [5.41, 5.74) is 5.38. The lowest BCUT2D eigenvalue weighted by atomic mass is 10.1. The molecule has 6 nitrogen and oxygen atoms in total. The zero-order chi connectivity index (χ0) is 23.5. The van der Waals surface area contributed by atoms with Gasteiger partial charge in [0.15, 0.2) is 5.16 Å². The Kier molecular flexibility index (Phi) is 6.85. The van der Waals surface area contributed by atoms with E-state index in [1.165, 1.54) is 28.7 Å². The molecule has 0 aliphatic carbocycles. The lowest BCUT2D eigenvalue weighted by Crippen LogP contribution is -2.23. The molecule has 4 aromatic rings. The van der Waals surface area contributed by atoms with Gasteiger partial charge in [-0.15, -0.1) is 11.3 Å². The van der Waals surface area contributed by atoms with Crippen molar-refractivity contribution in [2.45, 2.75) is 32.5 Å². The molecule has 33 heavy (non-hydrogen) atoms. The third-order valence-corrected chi connectivity index (χ3v) is 7.22. The number of thioether (sulfide) groups is 1. The Morgan fingerprint density at radius 1 is 1.15 bits per heavy atom. The molecule has 0 aliphatic heterocycles. The van der Waals surface area contributed by atoms with Gasteiger partial charge in [-0.25, -0.2) is 4.98 Å². The van der Waals surface area contributed by atoms with Gasteiger partial charge < -0.3 is 10.1 Å². The monoisotopic (exact) mass is 479 g/mol. The second kappa shape index (κ2) is 9.80. The quantitative estimate of drug-likeness (QED) is 0.280. The van der Waals surface area contributed by atoms with Crippen LogP contribution in [0.4, 0.5) is 5.69 Å². The Labute approximate surface area is 200 Å². The predicted molar refractivity (Wildman–Crippen MR) is 137 cm³/mol. The average Bonchev–Trinajstić information content (AvgIpc) is 3.23. The molecule has 1 amide bonds. The molecule has 1 N–H and O–H groups in total. The number of aryl methyl sites for hydroxylation is 2. The van der Waals surface area contributed by atoms with Crippen LogP contribution in [0.25, 0.3) is 21.3 Å². The summed E-state index contributed by atoms with van der Waals surface area (Å²) in [5.74, 6) is 0.536. The second-order valence-electron chi connectivity index (χ2n) is 7.68. The van der Waals surface area contributed by atoms with E-state index in [1.54, 1.807) is 11.7 Å². The molecule has 2 heterocycles. The minimum atomic E-state index is -0.190. The number of carbonyl (C=O) groups excluding carboxylic acids is 1. The first-order valence-electron chi connectivity index (χ1n) is 10.6. The molecule has 8 heteroatoms. The molecule has 0 saturated heterocycles. The number of nitrogens with one attached hydrogen (secondary N) is 1. The number of ether oxygens (including phenoxy) is 1. The number of carbonyl (C=O) groups is 1.